The molecule has 0 saturated carbocycles. The van der Waals surface area contributed by atoms with Crippen LogP contribution < -0.4 is 10.6 Å². The van der Waals surface area contributed by atoms with Crippen molar-refractivity contribution < 1.29 is 4.39 Å². The van der Waals surface area contributed by atoms with E-state index in [4.69, 9.17) is 4.98 Å². The molecule has 0 bridgehead atoms. The summed E-state index contributed by atoms with van der Waals surface area (Å²) < 4.78 is 15.5. The van der Waals surface area contributed by atoms with Gasteiger partial charge in [-0.1, -0.05) is 0 Å². The highest BCUT2D eigenvalue weighted by atomic mass is 19.1. The lowest BCUT2D eigenvalue weighted by Crippen LogP contribution is -2.20. The number of halogens is 1. The van der Waals surface area contributed by atoms with Crippen LogP contribution in [0.4, 0.5) is 16.0 Å². The third-order valence-corrected chi connectivity index (χ3v) is 4.75. The van der Waals surface area contributed by atoms with Crippen molar-refractivity contribution in [3.63, 3.8) is 0 Å². The fraction of sp³-hybridized carbons (Fsp3) is 0.227. The number of anilines is 2. The largest absolute Gasteiger partial charge is 0.384 e. The standard InChI is InChI=1S/C22H24FN7/c1-24-22-26-10-8-18(27-22)21-20(15-4-6-16(23)7-5-15)28-19-14-17(9-12-30(19)21)25-11-13-29(2)3/h4-10,12,14,25H,11,13H2,1-3H3,(H,24,26,27). The molecule has 0 saturated heterocycles. The van der Waals surface area contributed by atoms with Crippen molar-refractivity contribution in [3.8, 4) is 22.6 Å². The summed E-state index contributed by atoms with van der Waals surface area (Å²) in [6, 6.07) is 12.2. The lowest BCUT2D eigenvalue weighted by Gasteiger charge is -2.11. The van der Waals surface area contributed by atoms with Gasteiger partial charge in [0.2, 0.25) is 5.95 Å². The quantitative estimate of drug-likeness (QED) is 0.490. The molecule has 8 heteroatoms. The number of rotatable bonds is 7. The summed E-state index contributed by atoms with van der Waals surface area (Å²) in [6.07, 6.45) is 3.68. The third-order valence-electron chi connectivity index (χ3n) is 4.75. The fourth-order valence-electron chi connectivity index (χ4n) is 3.24. The Kier molecular flexibility index (Phi) is 5.58. The molecule has 0 radical (unpaired) electrons. The van der Waals surface area contributed by atoms with Gasteiger partial charge in [-0.15, -0.1) is 0 Å². The highest BCUT2D eigenvalue weighted by molar-refractivity contribution is 5.81. The molecule has 1 aromatic carbocycles. The number of pyridine rings is 1. The molecule has 2 N–H and O–H groups in total. The maximum absolute atomic E-state index is 13.5. The topological polar surface area (TPSA) is 70.4 Å². The van der Waals surface area contributed by atoms with Crippen LogP contribution in [-0.2, 0) is 0 Å². The molecule has 30 heavy (non-hydrogen) atoms. The van der Waals surface area contributed by atoms with Crippen LogP contribution in [0.2, 0.25) is 0 Å². The highest BCUT2D eigenvalue weighted by Gasteiger charge is 2.18. The van der Waals surface area contributed by atoms with E-state index in [0.717, 1.165) is 47.1 Å². The zero-order chi connectivity index (χ0) is 21.1. The first-order valence-corrected chi connectivity index (χ1v) is 9.73. The maximum atomic E-state index is 13.5. The van der Waals surface area contributed by atoms with E-state index in [-0.39, 0.29) is 5.82 Å². The van der Waals surface area contributed by atoms with Crippen molar-refractivity contribution in [2.45, 2.75) is 0 Å². The van der Waals surface area contributed by atoms with E-state index in [1.54, 1.807) is 25.4 Å². The molecule has 0 atom stereocenters. The molecule has 4 rings (SSSR count). The zero-order valence-electron chi connectivity index (χ0n) is 17.2. The molecule has 7 nitrogen and oxygen atoms in total. The zero-order valence-corrected chi connectivity index (χ0v) is 17.2. The minimum Gasteiger partial charge on any atom is -0.384 e. The molecule has 0 amide bonds. The molecule has 3 heterocycles. The third kappa shape index (κ3) is 4.08. The maximum Gasteiger partial charge on any atom is 0.222 e. The number of hydrogen-bond donors (Lipinski definition) is 2. The van der Waals surface area contributed by atoms with Gasteiger partial charge in [0.15, 0.2) is 0 Å². The number of nitrogens with zero attached hydrogens (tertiary/aromatic N) is 5. The van der Waals surface area contributed by atoms with Crippen LogP contribution >= 0.6 is 0 Å². The van der Waals surface area contributed by atoms with Crippen molar-refractivity contribution in [3.05, 3.63) is 60.7 Å². The Morgan fingerprint density at radius 1 is 1.07 bits per heavy atom. The summed E-state index contributed by atoms with van der Waals surface area (Å²) in [4.78, 5) is 15.8. The second kappa shape index (κ2) is 8.46. The number of fused-ring (bicyclic) bond motifs is 1. The Hall–Kier alpha value is -3.52. The number of benzene rings is 1. The van der Waals surface area contributed by atoms with Crippen LogP contribution in [0, 0.1) is 5.82 Å². The first-order chi connectivity index (χ1) is 14.5. The normalized spacial score (nSPS) is 11.2. The van der Waals surface area contributed by atoms with Crippen molar-refractivity contribution in [2.75, 3.05) is 44.9 Å². The van der Waals surface area contributed by atoms with Crippen LogP contribution in [0.3, 0.4) is 0 Å². The molecule has 0 spiro atoms. The van der Waals surface area contributed by atoms with Gasteiger partial charge >= 0.3 is 0 Å². The van der Waals surface area contributed by atoms with Crippen molar-refractivity contribution in [1.82, 2.24) is 24.3 Å². The van der Waals surface area contributed by atoms with E-state index >= 15 is 0 Å². The summed E-state index contributed by atoms with van der Waals surface area (Å²) in [6.45, 7) is 1.76. The molecule has 0 fully saturated rings. The smallest absolute Gasteiger partial charge is 0.222 e. The van der Waals surface area contributed by atoms with E-state index < -0.39 is 0 Å². The van der Waals surface area contributed by atoms with Crippen LogP contribution in [0.25, 0.3) is 28.3 Å². The van der Waals surface area contributed by atoms with Gasteiger partial charge in [-0.25, -0.2) is 19.3 Å². The molecule has 0 unspecified atom stereocenters. The molecule has 154 valence electrons. The Morgan fingerprint density at radius 2 is 1.87 bits per heavy atom. The summed E-state index contributed by atoms with van der Waals surface area (Å²) in [7, 11) is 5.86. The van der Waals surface area contributed by atoms with Crippen LogP contribution in [0.5, 0.6) is 0 Å². The Morgan fingerprint density at radius 3 is 2.60 bits per heavy atom. The second-order valence-corrected chi connectivity index (χ2v) is 7.21. The van der Waals surface area contributed by atoms with Crippen LogP contribution in [-0.4, -0.2) is 58.5 Å². The monoisotopic (exact) mass is 405 g/mol. The van der Waals surface area contributed by atoms with Gasteiger partial charge in [0.1, 0.15) is 11.5 Å². The molecule has 3 aromatic heterocycles. The van der Waals surface area contributed by atoms with Gasteiger partial charge in [0, 0.05) is 49.8 Å². The number of hydrogen-bond acceptors (Lipinski definition) is 6. The van der Waals surface area contributed by atoms with Crippen molar-refractivity contribution >= 4 is 17.3 Å². The minimum atomic E-state index is -0.282. The molecule has 0 aliphatic rings. The average Bonchev–Trinajstić information content (AvgIpc) is 3.13. The van der Waals surface area contributed by atoms with Gasteiger partial charge in [-0.05, 0) is 50.5 Å². The second-order valence-electron chi connectivity index (χ2n) is 7.21. The minimum absolute atomic E-state index is 0.282. The average molecular weight is 405 g/mol. The van der Waals surface area contributed by atoms with Crippen LogP contribution in [0.15, 0.2) is 54.9 Å². The highest BCUT2D eigenvalue weighted by Crippen LogP contribution is 2.32. The Balaban J connectivity index is 1.83. The van der Waals surface area contributed by atoms with Gasteiger partial charge in [0.25, 0.3) is 0 Å². The van der Waals surface area contributed by atoms with Gasteiger partial charge in [0.05, 0.1) is 17.1 Å². The number of likely N-dealkylation sites (N-methyl/N-ethyl adjacent to an activating group) is 1. The SMILES string of the molecule is CNc1nccc(-c2c(-c3ccc(F)cc3)nc3cc(NCCN(C)C)ccn23)n1. The number of aromatic nitrogens is 4. The number of nitrogens with one attached hydrogen (secondary N) is 2. The lowest BCUT2D eigenvalue weighted by atomic mass is 10.1. The van der Waals surface area contributed by atoms with Crippen LogP contribution in [0.1, 0.15) is 0 Å². The van der Waals surface area contributed by atoms with E-state index in [1.807, 2.05) is 42.9 Å². The van der Waals surface area contributed by atoms with Gasteiger partial charge < -0.3 is 15.5 Å². The predicted molar refractivity (Wildman–Crippen MR) is 118 cm³/mol. The summed E-state index contributed by atoms with van der Waals surface area (Å²) in [5.41, 5.74) is 4.89. The lowest BCUT2D eigenvalue weighted by molar-refractivity contribution is 0.425. The predicted octanol–water partition coefficient (Wildman–Crippen LogP) is 3.61. The van der Waals surface area contributed by atoms with Gasteiger partial charge in [-0.2, -0.15) is 0 Å². The van der Waals surface area contributed by atoms with Crippen molar-refractivity contribution in [2.24, 2.45) is 0 Å². The van der Waals surface area contributed by atoms with E-state index in [0.29, 0.717) is 5.95 Å². The van der Waals surface area contributed by atoms with Gasteiger partial charge in [-0.3, -0.25) is 4.40 Å². The number of imidazole rings is 1. The summed E-state index contributed by atoms with van der Waals surface area (Å²) in [5.74, 6) is 0.241. The summed E-state index contributed by atoms with van der Waals surface area (Å²) >= 11 is 0. The van der Waals surface area contributed by atoms with Crippen molar-refractivity contribution in [1.29, 1.82) is 0 Å². The van der Waals surface area contributed by atoms with E-state index in [1.165, 1.54) is 12.1 Å². The molecule has 4 aromatic rings. The molecule has 0 aliphatic carbocycles. The Bertz CT molecular complexity index is 1150. The Labute approximate surface area is 174 Å². The first kappa shape index (κ1) is 19.8. The first-order valence-electron chi connectivity index (χ1n) is 9.73. The summed E-state index contributed by atoms with van der Waals surface area (Å²) in [5, 5.41) is 6.39. The van der Waals surface area contributed by atoms with E-state index in [2.05, 4.69) is 25.5 Å². The molecular formula is C22H24FN7. The molecule has 0 aliphatic heterocycles. The molecular weight excluding hydrogens is 381 g/mol. The fourth-order valence-corrected chi connectivity index (χ4v) is 3.24. The van der Waals surface area contributed by atoms with E-state index in [9.17, 15) is 4.39 Å².